The molecule has 2 heterocycles. The van der Waals surface area contributed by atoms with Gasteiger partial charge in [0.1, 0.15) is 5.52 Å². The number of nitriles is 1. The van der Waals surface area contributed by atoms with E-state index in [4.69, 9.17) is 9.68 Å². The predicted octanol–water partition coefficient (Wildman–Crippen LogP) is 4.17. The lowest BCUT2D eigenvalue weighted by molar-refractivity contribution is 0.346. The molecule has 1 aliphatic heterocycles. The molecule has 0 radical (unpaired) electrons. The predicted molar refractivity (Wildman–Crippen MR) is 107 cm³/mol. The Balaban J connectivity index is 1.52. The van der Waals surface area contributed by atoms with E-state index >= 15 is 0 Å². The van der Waals surface area contributed by atoms with Crippen LogP contribution in [0.15, 0.2) is 57.0 Å². The molecule has 1 fully saturated rings. The molecule has 144 valence electrons. The van der Waals surface area contributed by atoms with Crippen LogP contribution in [-0.4, -0.2) is 30.8 Å². The number of hydrogen-bond donors (Lipinski definition) is 0. The van der Waals surface area contributed by atoms with Crippen LogP contribution in [0.1, 0.15) is 30.4 Å². The van der Waals surface area contributed by atoms with Gasteiger partial charge in [-0.3, -0.25) is 0 Å². The van der Waals surface area contributed by atoms with Gasteiger partial charge in [0.05, 0.1) is 16.5 Å². The normalized spacial score (nSPS) is 15.5. The van der Waals surface area contributed by atoms with Gasteiger partial charge in [-0.25, -0.2) is 13.4 Å². The molecule has 1 saturated heterocycles. The van der Waals surface area contributed by atoms with E-state index in [9.17, 15) is 8.42 Å². The smallest absolute Gasteiger partial charge is 0.257 e. The number of sulfonamides is 1. The Morgan fingerprint density at radius 1 is 1.11 bits per heavy atom. The zero-order chi connectivity index (χ0) is 19.6. The Morgan fingerprint density at radius 3 is 2.57 bits per heavy atom. The Hall–Kier alpha value is -2.34. The summed E-state index contributed by atoms with van der Waals surface area (Å²) in [6.45, 7) is 1.15. The maximum absolute atomic E-state index is 12.8. The second kappa shape index (κ2) is 7.95. The Bertz CT molecular complexity index is 1130. The molecule has 2 aromatic carbocycles. The van der Waals surface area contributed by atoms with Gasteiger partial charge in [0.2, 0.25) is 10.0 Å². The van der Waals surface area contributed by atoms with Crippen molar-refractivity contribution < 1.29 is 12.8 Å². The van der Waals surface area contributed by atoms with Gasteiger partial charge in [-0.15, -0.1) is 0 Å². The van der Waals surface area contributed by atoms with Crippen LogP contribution in [0.2, 0.25) is 0 Å². The van der Waals surface area contributed by atoms with E-state index in [0.717, 1.165) is 24.8 Å². The van der Waals surface area contributed by atoms with E-state index < -0.39 is 10.0 Å². The first-order valence-corrected chi connectivity index (χ1v) is 11.5. The first-order valence-electron chi connectivity index (χ1n) is 9.09. The van der Waals surface area contributed by atoms with E-state index in [1.807, 2.05) is 12.1 Å². The van der Waals surface area contributed by atoms with Crippen LogP contribution in [0.4, 0.5) is 0 Å². The molecule has 3 aromatic rings. The number of hydrogen-bond acceptors (Lipinski definition) is 6. The highest BCUT2D eigenvalue weighted by atomic mass is 32.2. The summed E-state index contributed by atoms with van der Waals surface area (Å²) in [5.74, 6) is 0.650. The zero-order valence-corrected chi connectivity index (χ0v) is 16.8. The minimum Gasteiger partial charge on any atom is -0.431 e. The van der Waals surface area contributed by atoms with Crippen molar-refractivity contribution in [3.63, 3.8) is 0 Å². The number of fused-ring (bicyclic) bond motifs is 1. The average Bonchev–Trinajstić information content (AvgIpc) is 3.15. The summed E-state index contributed by atoms with van der Waals surface area (Å²) >= 11 is 1.43. The maximum Gasteiger partial charge on any atom is 0.257 e. The standard InChI is InChI=1S/C20H19N3O3S2/c21-13-15-4-6-16(7-5-15)14-27-20-22-18-12-17(8-9-19(18)26-20)28(24,25)23-10-2-1-3-11-23/h4-9,12H,1-3,10-11,14H2. The minimum absolute atomic E-state index is 0.263. The van der Waals surface area contributed by atoms with Gasteiger partial charge in [-0.05, 0) is 48.7 Å². The van der Waals surface area contributed by atoms with Gasteiger partial charge in [0, 0.05) is 18.8 Å². The lowest BCUT2D eigenvalue weighted by Gasteiger charge is -2.25. The third kappa shape index (κ3) is 3.92. The van der Waals surface area contributed by atoms with Crippen LogP contribution in [0.3, 0.4) is 0 Å². The number of oxazole rings is 1. The molecular formula is C20H19N3O3S2. The number of thioether (sulfide) groups is 1. The van der Waals surface area contributed by atoms with Gasteiger partial charge >= 0.3 is 0 Å². The number of rotatable bonds is 5. The second-order valence-corrected chi connectivity index (χ2v) is 9.54. The van der Waals surface area contributed by atoms with Gasteiger partial charge in [-0.1, -0.05) is 30.3 Å². The summed E-state index contributed by atoms with van der Waals surface area (Å²) < 4.78 is 33.0. The zero-order valence-electron chi connectivity index (χ0n) is 15.2. The third-order valence-corrected chi connectivity index (χ3v) is 7.53. The molecule has 0 bridgehead atoms. The largest absolute Gasteiger partial charge is 0.431 e. The fraction of sp³-hybridized carbons (Fsp3) is 0.300. The molecule has 1 aromatic heterocycles. The first kappa shape index (κ1) is 19.0. The van der Waals surface area contributed by atoms with E-state index in [1.54, 1.807) is 34.6 Å². The van der Waals surface area contributed by atoms with Crippen LogP contribution >= 0.6 is 11.8 Å². The van der Waals surface area contributed by atoms with Crippen molar-refractivity contribution in [2.24, 2.45) is 0 Å². The van der Waals surface area contributed by atoms with Gasteiger partial charge in [-0.2, -0.15) is 9.57 Å². The summed E-state index contributed by atoms with van der Waals surface area (Å²) in [6.07, 6.45) is 2.89. The lowest BCUT2D eigenvalue weighted by Crippen LogP contribution is -2.35. The molecule has 0 spiro atoms. The van der Waals surface area contributed by atoms with Crippen molar-refractivity contribution in [3.05, 3.63) is 53.6 Å². The highest BCUT2D eigenvalue weighted by Crippen LogP contribution is 2.29. The molecule has 1 aliphatic rings. The first-order chi connectivity index (χ1) is 13.6. The van der Waals surface area contributed by atoms with Gasteiger partial charge < -0.3 is 4.42 Å². The van der Waals surface area contributed by atoms with Crippen molar-refractivity contribution in [1.82, 2.24) is 9.29 Å². The molecule has 0 N–H and O–H groups in total. The van der Waals surface area contributed by atoms with E-state index in [-0.39, 0.29) is 4.90 Å². The van der Waals surface area contributed by atoms with Crippen LogP contribution in [0.25, 0.3) is 11.1 Å². The molecule has 0 aliphatic carbocycles. The van der Waals surface area contributed by atoms with Crippen molar-refractivity contribution in [2.45, 2.75) is 35.1 Å². The molecule has 0 amide bonds. The van der Waals surface area contributed by atoms with Gasteiger partial charge in [0.25, 0.3) is 5.22 Å². The van der Waals surface area contributed by atoms with E-state index in [1.165, 1.54) is 11.8 Å². The fourth-order valence-electron chi connectivity index (χ4n) is 3.18. The SMILES string of the molecule is N#Cc1ccc(CSc2nc3cc(S(=O)(=O)N4CCCCC4)ccc3o2)cc1. The molecule has 6 nitrogen and oxygen atoms in total. The topological polar surface area (TPSA) is 87.2 Å². The number of piperidine rings is 1. The highest BCUT2D eigenvalue weighted by Gasteiger charge is 2.26. The Morgan fingerprint density at radius 2 is 1.86 bits per heavy atom. The minimum atomic E-state index is -3.49. The fourth-order valence-corrected chi connectivity index (χ4v) is 5.52. The van der Waals surface area contributed by atoms with Crippen LogP contribution < -0.4 is 0 Å². The quantitative estimate of drug-likeness (QED) is 0.584. The van der Waals surface area contributed by atoms with E-state index in [2.05, 4.69) is 11.1 Å². The molecule has 0 saturated carbocycles. The Labute approximate surface area is 168 Å². The lowest BCUT2D eigenvalue weighted by atomic mass is 10.2. The molecule has 4 rings (SSSR count). The van der Waals surface area contributed by atoms with Gasteiger partial charge in [0.15, 0.2) is 5.58 Å². The Kier molecular flexibility index (Phi) is 5.40. The summed E-state index contributed by atoms with van der Waals surface area (Å²) in [7, 11) is -3.49. The highest BCUT2D eigenvalue weighted by molar-refractivity contribution is 7.98. The van der Waals surface area contributed by atoms with Crippen LogP contribution in [0, 0.1) is 11.3 Å². The van der Waals surface area contributed by atoms with Crippen molar-refractivity contribution in [3.8, 4) is 6.07 Å². The molecule has 8 heteroatoms. The molecular weight excluding hydrogens is 394 g/mol. The van der Waals surface area contributed by atoms with Crippen molar-refractivity contribution in [1.29, 1.82) is 5.26 Å². The van der Waals surface area contributed by atoms with Crippen LogP contribution in [-0.2, 0) is 15.8 Å². The molecule has 0 atom stereocenters. The average molecular weight is 414 g/mol. The molecule has 28 heavy (non-hydrogen) atoms. The summed E-state index contributed by atoms with van der Waals surface area (Å²) in [5.41, 5.74) is 2.79. The molecule has 0 unspecified atom stereocenters. The summed E-state index contributed by atoms with van der Waals surface area (Å²) in [6, 6.07) is 14.3. The number of benzene rings is 2. The van der Waals surface area contributed by atoms with Crippen LogP contribution in [0.5, 0.6) is 0 Å². The third-order valence-electron chi connectivity index (χ3n) is 4.74. The second-order valence-electron chi connectivity index (χ2n) is 6.67. The number of nitrogens with zero attached hydrogens (tertiary/aromatic N) is 3. The number of aromatic nitrogens is 1. The summed E-state index contributed by atoms with van der Waals surface area (Å²) in [5, 5.41) is 9.35. The monoisotopic (exact) mass is 413 g/mol. The summed E-state index contributed by atoms with van der Waals surface area (Å²) in [4.78, 5) is 4.70. The maximum atomic E-state index is 12.8. The van der Waals surface area contributed by atoms with Crippen molar-refractivity contribution in [2.75, 3.05) is 13.1 Å². The van der Waals surface area contributed by atoms with E-state index in [0.29, 0.717) is 40.7 Å². The van der Waals surface area contributed by atoms with Crippen molar-refractivity contribution >= 4 is 32.9 Å².